The number of carboxylic acid groups (broad SMARTS) is 1. The summed E-state index contributed by atoms with van der Waals surface area (Å²) in [5.41, 5.74) is 4.86. The normalized spacial score (nSPS) is 13.1. The first kappa shape index (κ1) is 18.8. The molecule has 1 aromatic carbocycles. The summed E-state index contributed by atoms with van der Waals surface area (Å²) in [6.45, 7) is 3.57. The van der Waals surface area contributed by atoms with Gasteiger partial charge < -0.3 is 15.3 Å². The van der Waals surface area contributed by atoms with Gasteiger partial charge in [-0.1, -0.05) is 6.07 Å². The van der Waals surface area contributed by atoms with Crippen molar-refractivity contribution in [3.63, 3.8) is 0 Å². The van der Waals surface area contributed by atoms with Crippen LogP contribution in [0.3, 0.4) is 0 Å². The largest absolute Gasteiger partial charge is 0.481 e. The molecule has 29 heavy (non-hydrogen) atoms. The number of rotatable bonds is 5. The first-order valence-corrected chi connectivity index (χ1v) is 9.27. The van der Waals surface area contributed by atoms with Gasteiger partial charge in [-0.05, 0) is 48.2 Å². The highest BCUT2D eigenvalue weighted by Crippen LogP contribution is 2.26. The van der Waals surface area contributed by atoms with Crippen LogP contribution in [0.25, 0.3) is 0 Å². The zero-order valence-electron chi connectivity index (χ0n) is 15.9. The Hall–Kier alpha value is -3.55. The lowest BCUT2D eigenvalue weighted by molar-refractivity contribution is -0.136. The van der Waals surface area contributed by atoms with Crippen LogP contribution in [0, 0.1) is 12.7 Å². The van der Waals surface area contributed by atoms with E-state index in [9.17, 15) is 9.18 Å². The summed E-state index contributed by atoms with van der Waals surface area (Å²) >= 11 is 0. The van der Waals surface area contributed by atoms with Gasteiger partial charge in [0.05, 0.1) is 30.5 Å². The van der Waals surface area contributed by atoms with Gasteiger partial charge >= 0.3 is 5.97 Å². The topological polar surface area (TPSA) is 91.2 Å². The van der Waals surface area contributed by atoms with E-state index in [4.69, 9.17) is 5.11 Å². The number of carboxylic acids is 1. The Bertz CT molecular complexity index is 1070. The van der Waals surface area contributed by atoms with Gasteiger partial charge in [0, 0.05) is 24.6 Å². The van der Waals surface area contributed by atoms with Crippen LogP contribution in [0.1, 0.15) is 22.4 Å². The van der Waals surface area contributed by atoms with Gasteiger partial charge in [-0.15, -0.1) is 0 Å². The number of carbonyl (C=O) groups is 1. The van der Waals surface area contributed by atoms with E-state index < -0.39 is 11.8 Å². The van der Waals surface area contributed by atoms with Gasteiger partial charge in [-0.2, -0.15) is 0 Å². The SMILES string of the molecule is Cc1ccncc1N1CCc2cnc(Nc3ccc(CC(=O)O)c(F)c3)nc2C1. The van der Waals surface area contributed by atoms with E-state index in [-0.39, 0.29) is 12.0 Å². The third-order valence-corrected chi connectivity index (χ3v) is 4.95. The maximum absolute atomic E-state index is 14.1. The van der Waals surface area contributed by atoms with Crippen LogP contribution < -0.4 is 10.2 Å². The summed E-state index contributed by atoms with van der Waals surface area (Å²) in [4.78, 5) is 26.2. The molecular weight excluding hydrogens is 373 g/mol. The minimum absolute atomic E-state index is 0.136. The Morgan fingerprint density at radius 2 is 2.17 bits per heavy atom. The molecule has 0 saturated heterocycles. The van der Waals surface area contributed by atoms with Crippen LogP contribution in [0.2, 0.25) is 0 Å². The summed E-state index contributed by atoms with van der Waals surface area (Å²) in [6, 6.07) is 6.32. The number of hydrogen-bond acceptors (Lipinski definition) is 6. The summed E-state index contributed by atoms with van der Waals surface area (Å²) in [7, 11) is 0. The van der Waals surface area contributed by atoms with Crippen LogP contribution in [0.15, 0.2) is 42.9 Å². The second-order valence-corrected chi connectivity index (χ2v) is 7.00. The minimum atomic E-state index is -1.07. The van der Waals surface area contributed by atoms with Crippen LogP contribution in [0.4, 0.5) is 21.7 Å². The highest BCUT2D eigenvalue weighted by atomic mass is 19.1. The van der Waals surface area contributed by atoms with Gasteiger partial charge in [0.25, 0.3) is 0 Å². The van der Waals surface area contributed by atoms with Gasteiger partial charge in [0.1, 0.15) is 5.82 Å². The number of aryl methyl sites for hydroxylation is 1. The van der Waals surface area contributed by atoms with E-state index in [1.165, 1.54) is 12.1 Å². The van der Waals surface area contributed by atoms with Crippen molar-refractivity contribution < 1.29 is 14.3 Å². The minimum Gasteiger partial charge on any atom is -0.481 e. The molecule has 0 atom stereocenters. The molecule has 3 heterocycles. The van der Waals surface area contributed by atoms with Gasteiger partial charge in [-0.3, -0.25) is 9.78 Å². The summed E-state index contributed by atoms with van der Waals surface area (Å²) in [6.07, 6.45) is 5.92. The van der Waals surface area contributed by atoms with Crippen molar-refractivity contribution in [1.82, 2.24) is 15.0 Å². The first-order chi connectivity index (χ1) is 14.0. The second kappa shape index (κ2) is 7.83. The van der Waals surface area contributed by atoms with Crippen molar-refractivity contribution in [1.29, 1.82) is 0 Å². The number of aliphatic carboxylic acids is 1. The Morgan fingerprint density at radius 3 is 2.93 bits per heavy atom. The molecule has 2 aromatic heterocycles. The fraction of sp³-hybridized carbons (Fsp3) is 0.238. The van der Waals surface area contributed by atoms with Gasteiger partial charge in [0.15, 0.2) is 0 Å². The van der Waals surface area contributed by atoms with E-state index >= 15 is 0 Å². The number of pyridine rings is 1. The molecule has 1 aliphatic rings. The molecule has 0 aliphatic carbocycles. The average Bonchev–Trinajstić information content (AvgIpc) is 2.70. The molecule has 0 unspecified atom stereocenters. The number of halogens is 1. The number of benzene rings is 1. The van der Waals surface area contributed by atoms with Crippen LogP contribution in [0.5, 0.6) is 0 Å². The molecular formula is C21H20FN5O2. The van der Waals surface area contributed by atoms with E-state index in [2.05, 4.69) is 32.1 Å². The molecule has 3 aromatic rings. The molecule has 0 saturated carbocycles. The van der Waals surface area contributed by atoms with Crippen molar-refractivity contribution in [2.24, 2.45) is 0 Å². The molecule has 0 bridgehead atoms. The number of nitrogens with zero attached hydrogens (tertiary/aromatic N) is 4. The zero-order valence-corrected chi connectivity index (χ0v) is 15.9. The molecule has 8 heteroatoms. The van der Waals surface area contributed by atoms with E-state index in [0.29, 0.717) is 18.2 Å². The lowest BCUT2D eigenvalue weighted by atomic mass is 10.1. The van der Waals surface area contributed by atoms with E-state index in [1.807, 2.05) is 12.3 Å². The quantitative estimate of drug-likeness (QED) is 0.687. The number of fused-ring (bicyclic) bond motifs is 1. The third kappa shape index (κ3) is 4.16. The summed E-state index contributed by atoms with van der Waals surface area (Å²) in [5, 5.41) is 11.8. The fourth-order valence-electron chi connectivity index (χ4n) is 3.42. The number of aromatic nitrogens is 3. The smallest absolute Gasteiger partial charge is 0.307 e. The average molecular weight is 393 g/mol. The van der Waals surface area contributed by atoms with Crippen molar-refractivity contribution in [2.75, 3.05) is 16.8 Å². The third-order valence-electron chi connectivity index (χ3n) is 4.95. The molecule has 7 nitrogen and oxygen atoms in total. The van der Waals surface area contributed by atoms with Crippen molar-refractivity contribution in [3.05, 3.63) is 71.1 Å². The molecule has 0 amide bonds. The number of hydrogen-bond donors (Lipinski definition) is 2. The number of nitrogens with one attached hydrogen (secondary N) is 1. The Labute approximate surface area is 167 Å². The monoisotopic (exact) mass is 393 g/mol. The van der Waals surface area contributed by atoms with Crippen LogP contribution >= 0.6 is 0 Å². The van der Waals surface area contributed by atoms with Gasteiger partial charge in [0.2, 0.25) is 5.95 Å². The lowest BCUT2D eigenvalue weighted by Gasteiger charge is -2.30. The molecule has 0 spiro atoms. The standard InChI is InChI=1S/C21H20FN5O2/c1-13-4-6-23-11-19(13)27-7-5-15-10-24-21(26-18(15)12-27)25-16-3-2-14(8-20(28)29)17(22)9-16/h2-4,6,9-11H,5,7-8,12H2,1H3,(H,28,29)(H,24,25,26). The second-order valence-electron chi connectivity index (χ2n) is 7.00. The number of anilines is 3. The molecule has 0 radical (unpaired) electrons. The first-order valence-electron chi connectivity index (χ1n) is 9.27. The predicted molar refractivity (Wildman–Crippen MR) is 107 cm³/mol. The maximum atomic E-state index is 14.1. The summed E-state index contributed by atoms with van der Waals surface area (Å²) < 4.78 is 14.1. The molecule has 4 rings (SSSR count). The van der Waals surface area contributed by atoms with Crippen molar-refractivity contribution >= 4 is 23.3 Å². The zero-order chi connectivity index (χ0) is 20.4. The molecule has 148 valence electrons. The van der Waals surface area contributed by atoms with E-state index in [0.717, 1.165) is 35.5 Å². The lowest BCUT2D eigenvalue weighted by Crippen LogP contribution is -2.32. The van der Waals surface area contributed by atoms with Gasteiger partial charge in [-0.25, -0.2) is 14.4 Å². The van der Waals surface area contributed by atoms with E-state index in [1.54, 1.807) is 18.5 Å². The van der Waals surface area contributed by atoms with Crippen molar-refractivity contribution in [2.45, 2.75) is 26.3 Å². The summed E-state index contributed by atoms with van der Waals surface area (Å²) in [5.74, 6) is -1.27. The predicted octanol–water partition coefficient (Wildman–Crippen LogP) is 3.25. The maximum Gasteiger partial charge on any atom is 0.307 e. The van der Waals surface area contributed by atoms with Crippen molar-refractivity contribution in [3.8, 4) is 0 Å². The Morgan fingerprint density at radius 1 is 1.31 bits per heavy atom. The molecule has 1 aliphatic heterocycles. The highest BCUT2D eigenvalue weighted by molar-refractivity contribution is 5.70. The Balaban J connectivity index is 1.53. The highest BCUT2D eigenvalue weighted by Gasteiger charge is 2.20. The molecule has 0 fully saturated rings. The molecule has 2 N–H and O–H groups in total. The fourth-order valence-corrected chi connectivity index (χ4v) is 3.42. The Kier molecular flexibility index (Phi) is 5.07. The van der Waals surface area contributed by atoms with Crippen LogP contribution in [-0.2, 0) is 24.2 Å². The van der Waals surface area contributed by atoms with Crippen LogP contribution in [-0.4, -0.2) is 32.6 Å².